The van der Waals surface area contributed by atoms with Crippen LogP contribution in [0.15, 0.2) is 22.5 Å². The van der Waals surface area contributed by atoms with Crippen molar-refractivity contribution < 1.29 is 13.6 Å². The van der Waals surface area contributed by atoms with E-state index in [0.29, 0.717) is 16.4 Å². The zero-order valence-corrected chi connectivity index (χ0v) is 14.1. The van der Waals surface area contributed by atoms with Gasteiger partial charge in [-0.05, 0) is 24.6 Å². The molecule has 118 valence electrons. The molecule has 1 fully saturated rings. The van der Waals surface area contributed by atoms with Crippen molar-refractivity contribution in [1.29, 1.82) is 0 Å². The fraction of sp³-hybridized carbons (Fsp3) is 0.385. The van der Waals surface area contributed by atoms with Crippen molar-refractivity contribution in [3.05, 3.63) is 18.2 Å². The van der Waals surface area contributed by atoms with Gasteiger partial charge in [-0.1, -0.05) is 11.8 Å². The molecule has 9 heteroatoms. The summed E-state index contributed by atoms with van der Waals surface area (Å²) in [6, 6.07) is 5.23. The zero-order valence-electron chi connectivity index (χ0n) is 11.0. The number of thiazole rings is 1. The molecule has 1 unspecified atom stereocenters. The number of benzene rings is 1. The number of anilines is 1. The second kappa shape index (κ2) is 6.11. The molecule has 1 aromatic carbocycles. The topological polar surface area (TPSA) is 42.0 Å². The average Bonchev–Trinajstić information content (AvgIpc) is 2.91. The van der Waals surface area contributed by atoms with Crippen LogP contribution in [0.3, 0.4) is 0 Å². The Hall–Kier alpha value is -0.630. The maximum absolute atomic E-state index is 12.2. The number of alkyl halides is 4. The highest BCUT2D eigenvalue weighted by Crippen LogP contribution is 2.53. The lowest BCUT2D eigenvalue weighted by Gasteiger charge is -2.04. The summed E-state index contributed by atoms with van der Waals surface area (Å²) in [5.41, 5.74) is 1.33. The van der Waals surface area contributed by atoms with Gasteiger partial charge in [0, 0.05) is 5.69 Å². The Labute approximate surface area is 143 Å². The first-order valence-electron chi connectivity index (χ1n) is 6.35. The minimum atomic E-state index is -2.36. The van der Waals surface area contributed by atoms with E-state index in [2.05, 4.69) is 10.3 Å². The first-order chi connectivity index (χ1) is 10.3. The monoisotopic (exact) mass is 382 g/mol. The molecular weight excluding hydrogens is 373 g/mol. The van der Waals surface area contributed by atoms with E-state index >= 15 is 0 Å². The number of aromatic nitrogens is 1. The SMILES string of the molecule is O=C(Nc1ccc2nc(SCC(F)F)sc2c1)C1CC1(Cl)Cl. The largest absolute Gasteiger partial charge is 0.326 e. The van der Waals surface area contributed by atoms with Crippen molar-refractivity contribution in [2.75, 3.05) is 11.1 Å². The van der Waals surface area contributed by atoms with Crippen LogP contribution in [0.1, 0.15) is 6.42 Å². The van der Waals surface area contributed by atoms with Crippen LogP contribution < -0.4 is 5.32 Å². The number of hydrogen-bond donors (Lipinski definition) is 1. The number of carbonyl (C=O) groups is 1. The molecule has 1 aliphatic carbocycles. The second-order valence-corrected chi connectivity index (χ2v) is 8.71. The second-order valence-electron chi connectivity index (χ2n) is 4.87. The summed E-state index contributed by atoms with van der Waals surface area (Å²) >= 11 is 14.1. The maximum Gasteiger partial charge on any atom is 0.248 e. The molecule has 1 amide bonds. The summed E-state index contributed by atoms with van der Waals surface area (Å²) in [6.07, 6.45) is -1.92. The van der Waals surface area contributed by atoms with Gasteiger partial charge in [-0.25, -0.2) is 13.8 Å². The third-order valence-electron chi connectivity index (χ3n) is 3.11. The highest BCUT2D eigenvalue weighted by atomic mass is 35.5. The van der Waals surface area contributed by atoms with Gasteiger partial charge in [0.25, 0.3) is 0 Å². The maximum atomic E-state index is 12.2. The Bertz CT molecular complexity index is 723. The number of fused-ring (bicyclic) bond motifs is 1. The number of thioether (sulfide) groups is 1. The average molecular weight is 383 g/mol. The van der Waals surface area contributed by atoms with E-state index in [4.69, 9.17) is 23.2 Å². The van der Waals surface area contributed by atoms with Crippen molar-refractivity contribution in [3.8, 4) is 0 Å². The van der Waals surface area contributed by atoms with Gasteiger partial charge in [0.1, 0.15) is 4.33 Å². The van der Waals surface area contributed by atoms with Crippen LogP contribution in [-0.2, 0) is 4.79 Å². The normalized spacial score (nSPS) is 19.6. The number of carbonyl (C=O) groups excluding carboxylic acids is 1. The molecule has 1 heterocycles. The Morgan fingerprint density at radius 3 is 2.91 bits per heavy atom. The molecule has 0 radical (unpaired) electrons. The third-order valence-corrected chi connectivity index (χ3v) is 6.12. The van der Waals surface area contributed by atoms with Crippen LogP contribution in [0.25, 0.3) is 10.2 Å². The van der Waals surface area contributed by atoms with E-state index in [-0.39, 0.29) is 11.7 Å². The summed E-state index contributed by atoms with van der Waals surface area (Å²) in [5, 5.41) is 2.76. The first-order valence-corrected chi connectivity index (χ1v) is 8.91. The van der Waals surface area contributed by atoms with E-state index in [1.54, 1.807) is 18.2 Å². The standard InChI is InChI=1S/C13H10Cl2F2N2OS2/c14-13(15)4-7(13)11(20)18-6-1-2-8-9(3-6)22-12(19-8)21-5-10(16)17/h1-3,7,10H,4-5H2,(H,18,20). The molecule has 1 N–H and O–H groups in total. The number of nitrogens with zero attached hydrogens (tertiary/aromatic N) is 1. The van der Waals surface area contributed by atoms with Gasteiger partial charge in [-0.3, -0.25) is 4.79 Å². The van der Waals surface area contributed by atoms with Gasteiger partial charge in [0.05, 0.1) is 21.9 Å². The van der Waals surface area contributed by atoms with Crippen molar-refractivity contribution in [2.45, 2.75) is 21.5 Å². The molecule has 3 rings (SSSR count). The molecule has 1 aromatic heterocycles. The van der Waals surface area contributed by atoms with Gasteiger partial charge in [0.15, 0.2) is 4.34 Å². The first kappa shape index (κ1) is 16.2. The van der Waals surface area contributed by atoms with Crippen LogP contribution in [0.2, 0.25) is 0 Å². The molecule has 0 spiro atoms. The quantitative estimate of drug-likeness (QED) is 0.597. The van der Waals surface area contributed by atoms with Crippen LogP contribution in [0, 0.1) is 5.92 Å². The highest BCUT2D eigenvalue weighted by molar-refractivity contribution is 8.01. The van der Waals surface area contributed by atoms with Crippen LogP contribution in [0.5, 0.6) is 0 Å². The molecule has 3 nitrogen and oxygen atoms in total. The molecule has 1 saturated carbocycles. The smallest absolute Gasteiger partial charge is 0.248 e. The zero-order chi connectivity index (χ0) is 15.9. The van der Waals surface area contributed by atoms with E-state index in [1.807, 2.05) is 0 Å². The fourth-order valence-corrected chi connectivity index (χ4v) is 4.29. The highest BCUT2D eigenvalue weighted by Gasteiger charge is 2.56. The lowest BCUT2D eigenvalue weighted by Crippen LogP contribution is -2.16. The Balaban J connectivity index is 1.71. The van der Waals surface area contributed by atoms with Gasteiger partial charge in [-0.2, -0.15) is 0 Å². The molecule has 2 aromatic rings. The van der Waals surface area contributed by atoms with E-state index in [0.717, 1.165) is 22.0 Å². The number of hydrogen-bond acceptors (Lipinski definition) is 4. The van der Waals surface area contributed by atoms with Crippen LogP contribution >= 0.6 is 46.3 Å². The minimum Gasteiger partial charge on any atom is -0.326 e. The number of nitrogens with one attached hydrogen (secondary N) is 1. The predicted octanol–water partition coefficient (Wildman–Crippen LogP) is 4.79. The van der Waals surface area contributed by atoms with E-state index in [1.165, 1.54) is 11.3 Å². The summed E-state index contributed by atoms with van der Waals surface area (Å²) in [6.45, 7) is 0. The van der Waals surface area contributed by atoms with Crippen molar-refractivity contribution in [3.63, 3.8) is 0 Å². The van der Waals surface area contributed by atoms with Gasteiger partial charge < -0.3 is 5.32 Å². The summed E-state index contributed by atoms with van der Waals surface area (Å²) in [7, 11) is 0. The molecule has 1 atom stereocenters. The summed E-state index contributed by atoms with van der Waals surface area (Å²) in [5.74, 6) is -0.898. The molecule has 0 bridgehead atoms. The lowest BCUT2D eigenvalue weighted by molar-refractivity contribution is -0.117. The number of amides is 1. The van der Waals surface area contributed by atoms with Crippen LogP contribution in [0.4, 0.5) is 14.5 Å². The predicted molar refractivity (Wildman–Crippen MR) is 87.5 cm³/mol. The van der Waals surface area contributed by atoms with Gasteiger partial charge in [-0.15, -0.1) is 34.5 Å². The molecule has 0 aliphatic heterocycles. The lowest BCUT2D eigenvalue weighted by atomic mass is 10.3. The minimum absolute atomic E-state index is 0.221. The molecule has 0 saturated heterocycles. The summed E-state index contributed by atoms with van der Waals surface area (Å²) in [4.78, 5) is 16.2. The Kier molecular flexibility index (Phi) is 4.51. The summed E-state index contributed by atoms with van der Waals surface area (Å²) < 4.78 is 24.9. The van der Waals surface area contributed by atoms with Crippen molar-refractivity contribution >= 4 is 68.1 Å². The van der Waals surface area contributed by atoms with Crippen molar-refractivity contribution in [1.82, 2.24) is 4.98 Å². The third kappa shape index (κ3) is 3.64. The Morgan fingerprint density at radius 1 is 1.55 bits per heavy atom. The van der Waals surface area contributed by atoms with Gasteiger partial charge >= 0.3 is 0 Å². The molecule has 1 aliphatic rings. The number of rotatable bonds is 5. The van der Waals surface area contributed by atoms with Crippen LogP contribution in [-0.4, -0.2) is 27.4 Å². The van der Waals surface area contributed by atoms with E-state index < -0.39 is 16.7 Å². The van der Waals surface area contributed by atoms with Gasteiger partial charge in [0.2, 0.25) is 12.3 Å². The van der Waals surface area contributed by atoms with E-state index in [9.17, 15) is 13.6 Å². The molecule has 22 heavy (non-hydrogen) atoms. The Morgan fingerprint density at radius 2 is 2.27 bits per heavy atom. The number of halogens is 4. The fourth-order valence-electron chi connectivity index (χ4n) is 1.90. The molecular formula is C13H10Cl2F2N2OS2. The van der Waals surface area contributed by atoms with Crippen molar-refractivity contribution in [2.24, 2.45) is 5.92 Å².